The zero-order valence-corrected chi connectivity index (χ0v) is 19.2. The van der Waals surface area contributed by atoms with Crippen LogP contribution in [0.3, 0.4) is 0 Å². The minimum atomic E-state index is -0.453. The van der Waals surface area contributed by atoms with Gasteiger partial charge in [-0.15, -0.1) is 24.0 Å². The fourth-order valence-corrected chi connectivity index (χ4v) is 2.97. The number of nitrogens with one attached hydrogen (secondary N) is 2. The minimum Gasteiger partial charge on any atom is -0.444 e. The molecule has 1 fully saturated rings. The van der Waals surface area contributed by atoms with Gasteiger partial charge in [-0.25, -0.2) is 4.79 Å². The molecule has 1 aromatic rings. The summed E-state index contributed by atoms with van der Waals surface area (Å²) in [6, 6.07) is 10.2. The topological polar surface area (TPSA) is 66.0 Å². The van der Waals surface area contributed by atoms with Crippen molar-refractivity contribution in [1.82, 2.24) is 15.5 Å². The molecule has 7 heteroatoms. The van der Waals surface area contributed by atoms with Crippen LogP contribution < -0.4 is 10.6 Å². The highest BCUT2D eigenvalue weighted by Crippen LogP contribution is 2.18. The molecular weight excluding hydrogens is 455 g/mol. The zero-order valence-electron chi connectivity index (χ0n) is 16.8. The van der Waals surface area contributed by atoms with Crippen LogP contribution in [0.2, 0.25) is 0 Å². The van der Waals surface area contributed by atoms with E-state index in [2.05, 4.69) is 27.8 Å². The Balaban J connectivity index is 0.00000364. The number of ether oxygens (including phenoxy) is 1. The van der Waals surface area contributed by atoms with Gasteiger partial charge in [0.1, 0.15) is 5.60 Å². The SMILES string of the molecule is CN=C(NCc1ccccc1)NCC1CCCN(C(=O)OC(C)(C)C)C1.I. The number of likely N-dealkylation sites (tertiary alicyclic amines) is 1. The lowest BCUT2D eigenvalue weighted by atomic mass is 9.98. The van der Waals surface area contributed by atoms with Gasteiger partial charge in [-0.05, 0) is 45.1 Å². The summed E-state index contributed by atoms with van der Waals surface area (Å²) in [7, 11) is 1.77. The molecule has 152 valence electrons. The maximum absolute atomic E-state index is 12.3. The molecule has 1 atom stereocenters. The van der Waals surface area contributed by atoms with Gasteiger partial charge in [0, 0.05) is 33.2 Å². The van der Waals surface area contributed by atoms with Gasteiger partial charge in [0.15, 0.2) is 5.96 Å². The van der Waals surface area contributed by atoms with Crippen molar-refractivity contribution in [3.8, 4) is 0 Å². The summed E-state index contributed by atoms with van der Waals surface area (Å²) in [5, 5.41) is 6.70. The van der Waals surface area contributed by atoms with E-state index >= 15 is 0 Å². The summed E-state index contributed by atoms with van der Waals surface area (Å²) in [5.74, 6) is 1.18. The van der Waals surface area contributed by atoms with E-state index in [9.17, 15) is 4.79 Å². The monoisotopic (exact) mass is 488 g/mol. The van der Waals surface area contributed by atoms with Gasteiger partial charge in [0.2, 0.25) is 0 Å². The van der Waals surface area contributed by atoms with E-state index in [1.54, 1.807) is 7.05 Å². The van der Waals surface area contributed by atoms with Crippen molar-refractivity contribution >= 4 is 36.0 Å². The molecule has 0 aromatic heterocycles. The van der Waals surface area contributed by atoms with Crippen LogP contribution in [0.25, 0.3) is 0 Å². The molecule has 0 bridgehead atoms. The van der Waals surface area contributed by atoms with Crippen molar-refractivity contribution in [2.45, 2.75) is 45.8 Å². The van der Waals surface area contributed by atoms with Crippen LogP contribution in [0, 0.1) is 5.92 Å². The van der Waals surface area contributed by atoms with Crippen LogP contribution in [-0.4, -0.2) is 49.2 Å². The predicted octanol–water partition coefficient (Wildman–Crippen LogP) is 3.62. The van der Waals surface area contributed by atoms with Crippen molar-refractivity contribution in [1.29, 1.82) is 0 Å². The molecule has 1 aliphatic heterocycles. The number of amides is 1. The number of piperidine rings is 1. The number of nitrogens with zero attached hydrogens (tertiary/aromatic N) is 2. The fourth-order valence-electron chi connectivity index (χ4n) is 2.97. The number of carbonyl (C=O) groups is 1. The van der Waals surface area contributed by atoms with Gasteiger partial charge in [0.05, 0.1) is 0 Å². The second-order valence-corrected chi connectivity index (χ2v) is 7.73. The molecule has 2 rings (SSSR count). The quantitative estimate of drug-likeness (QED) is 0.386. The van der Waals surface area contributed by atoms with Crippen LogP contribution in [0.4, 0.5) is 4.79 Å². The average Bonchev–Trinajstić information content (AvgIpc) is 2.61. The van der Waals surface area contributed by atoms with Gasteiger partial charge in [-0.2, -0.15) is 0 Å². The van der Waals surface area contributed by atoms with Crippen molar-refractivity contribution in [3.63, 3.8) is 0 Å². The van der Waals surface area contributed by atoms with Crippen molar-refractivity contribution in [2.75, 3.05) is 26.7 Å². The molecule has 1 saturated heterocycles. The Morgan fingerprint density at radius 2 is 1.96 bits per heavy atom. The van der Waals surface area contributed by atoms with Crippen molar-refractivity contribution in [3.05, 3.63) is 35.9 Å². The van der Waals surface area contributed by atoms with Crippen LogP contribution in [0.1, 0.15) is 39.2 Å². The van der Waals surface area contributed by atoms with Gasteiger partial charge >= 0.3 is 6.09 Å². The number of benzene rings is 1. The number of rotatable bonds is 4. The molecule has 1 heterocycles. The minimum absolute atomic E-state index is 0. The normalized spacial score (nSPS) is 17.7. The Kier molecular flexibility index (Phi) is 9.90. The van der Waals surface area contributed by atoms with Crippen LogP contribution in [0.5, 0.6) is 0 Å². The first-order valence-electron chi connectivity index (χ1n) is 9.34. The summed E-state index contributed by atoms with van der Waals surface area (Å²) in [6.45, 7) is 8.70. The molecule has 2 N–H and O–H groups in total. The summed E-state index contributed by atoms with van der Waals surface area (Å²) >= 11 is 0. The second kappa shape index (κ2) is 11.4. The van der Waals surface area contributed by atoms with Crippen molar-refractivity contribution in [2.24, 2.45) is 10.9 Å². The Bertz CT molecular complexity index is 602. The summed E-state index contributed by atoms with van der Waals surface area (Å²) in [4.78, 5) is 18.4. The van der Waals surface area contributed by atoms with Crippen molar-refractivity contribution < 1.29 is 9.53 Å². The Labute approximate surface area is 180 Å². The van der Waals surface area contributed by atoms with Crippen LogP contribution >= 0.6 is 24.0 Å². The van der Waals surface area contributed by atoms with Crippen LogP contribution in [0.15, 0.2) is 35.3 Å². The molecule has 0 aliphatic carbocycles. The number of carbonyl (C=O) groups excluding carboxylic acids is 1. The molecule has 1 aliphatic rings. The third-order valence-corrected chi connectivity index (χ3v) is 4.26. The maximum Gasteiger partial charge on any atom is 0.410 e. The predicted molar refractivity (Wildman–Crippen MR) is 121 cm³/mol. The first-order valence-corrected chi connectivity index (χ1v) is 9.34. The summed E-state index contributed by atoms with van der Waals surface area (Å²) < 4.78 is 5.49. The van der Waals surface area contributed by atoms with Gasteiger partial charge in [-0.3, -0.25) is 4.99 Å². The molecular formula is C20H33IN4O2. The van der Waals surface area contributed by atoms with E-state index in [-0.39, 0.29) is 30.1 Å². The summed E-state index contributed by atoms with van der Waals surface area (Å²) in [6.07, 6.45) is 1.89. The van der Waals surface area contributed by atoms with E-state index in [0.717, 1.165) is 45.0 Å². The summed E-state index contributed by atoms with van der Waals surface area (Å²) in [5.41, 5.74) is 0.760. The number of aliphatic imine (C=N–C) groups is 1. The molecule has 1 aromatic carbocycles. The number of guanidine groups is 1. The van der Waals surface area contributed by atoms with Gasteiger partial charge < -0.3 is 20.3 Å². The molecule has 27 heavy (non-hydrogen) atoms. The molecule has 1 unspecified atom stereocenters. The van der Waals surface area contributed by atoms with E-state index in [1.807, 2.05) is 43.9 Å². The standard InChI is InChI=1S/C20H32N4O2.HI/c1-20(2,3)26-19(25)24-12-8-11-17(15-24)14-23-18(21-4)22-13-16-9-6-5-7-10-16;/h5-7,9-10,17H,8,11-15H2,1-4H3,(H2,21,22,23);1H. The molecule has 0 spiro atoms. The third kappa shape index (κ3) is 8.81. The Hall–Kier alpha value is -1.51. The second-order valence-electron chi connectivity index (χ2n) is 7.73. The highest BCUT2D eigenvalue weighted by molar-refractivity contribution is 14.0. The smallest absolute Gasteiger partial charge is 0.410 e. The zero-order chi connectivity index (χ0) is 19.0. The molecule has 1 amide bonds. The molecule has 6 nitrogen and oxygen atoms in total. The van der Waals surface area contributed by atoms with Gasteiger partial charge in [0.25, 0.3) is 0 Å². The van der Waals surface area contributed by atoms with E-state index in [0.29, 0.717) is 5.92 Å². The van der Waals surface area contributed by atoms with E-state index < -0.39 is 5.60 Å². The fraction of sp³-hybridized carbons (Fsp3) is 0.600. The highest BCUT2D eigenvalue weighted by Gasteiger charge is 2.27. The number of hydrogen-bond donors (Lipinski definition) is 2. The lowest BCUT2D eigenvalue weighted by Crippen LogP contribution is -2.47. The third-order valence-electron chi connectivity index (χ3n) is 4.26. The number of hydrogen-bond acceptors (Lipinski definition) is 3. The van der Waals surface area contributed by atoms with E-state index in [4.69, 9.17) is 4.74 Å². The lowest BCUT2D eigenvalue weighted by Gasteiger charge is -2.34. The average molecular weight is 488 g/mol. The van der Waals surface area contributed by atoms with Gasteiger partial charge in [-0.1, -0.05) is 30.3 Å². The van der Waals surface area contributed by atoms with E-state index in [1.165, 1.54) is 5.56 Å². The Morgan fingerprint density at radius 1 is 1.26 bits per heavy atom. The highest BCUT2D eigenvalue weighted by atomic mass is 127. The lowest BCUT2D eigenvalue weighted by molar-refractivity contribution is 0.0168. The molecule has 0 saturated carbocycles. The number of halogens is 1. The molecule has 0 radical (unpaired) electrons. The first-order chi connectivity index (χ1) is 12.4. The van der Waals surface area contributed by atoms with Crippen LogP contribution in [-0.2, 0) is 11.3 Å². The first kappa shape index (κ1) is 23.5. The maximum atomic E-state index is 12.3. The largest absolute Gasteiger partial charge is 0.444 e. The Morgan fingerprint density at radius 3 is 2.59 bits per heavy atom.